The maximum atomic E-state index is 12.6. The monoisotopic (exact) mass is 494 g/mol. The molecule has 0 radical (unpaired) electrons. The van der Waals surface area contributed by atoms with E-state index in [0.717, 1.165) is 57.6 Å². The number of rotatable bonds is 7. The Morgan fingerprint density at radius 2 is 2.00 bits per heavy atom. The molecular weight excluding hydrogens is 460 g/mol. The van der Waals surface area contributed by atoms with Gasteiger partial charge < -0.3 is 9.47 Å². The van der Waals surface area contributed by atoms with E-state index in [9.17, 15) is 8.42 Å². The van der Waals surface area contributed by atoms with Gasteiger partial charge in [0.05, 0.1) is 35.4 Å². The van der Waals surface area contributed by atoms with Gasteiger partial charge in [-0.1, -0.05) is 12.1 Å². The highest BCUT2D eigenvalue weighted by Gasteiger charge is 2.41. The van der Waals surface area contributed by atoms with Crippen LogP contribution in [0.3, 0.4) is 0 Å². The van der Waals surface area contributed by atoms with Crippen LogP contribution in [0.1, 0.15) is 53.6 Å². The zero-order chi connectivity index (χ0) is 22.9. The van der Waals surface area contributed by atoms with Crippen molar-refractivity contribution in [2.24, 2.45) is 0 Å². The van der Waals surface area contributed by atoms with Crippen LogP contribution in [-0.4, -0.2) is 72.2 Å². The van der Waals surface area contributed by atoms with Gasteiger partial charge in [-0.05, 0) is 43.7 Å². The number of fused-ring (bicyclic) bond motifs is 2. The van der Waals surface area contributed by atoms with E-state index in [4.69, 9.17) is 9.47 Å². The Bertz CT molecular complexity index is 1050. The minimum atomic E-state index is -3.13. The molecule has 0 N–H and O–H groups in total. The fraction of sp³-hybridized carbons (Fsp3) is 0.739. The number of nitrogens with zero attached hydrogens (tertiary/aromatic N) is 4. The Morgan fingerprint density at radius 1 is 1.21 bits per heavy atom. The van der Waals surface area contributed by atoms with Crippen molar-refractivity contribution < 1.29 is 17.9 Å². The van der Waals surface area contributed by atoms with Crippen LogP contribution in [0.15, 0.2) is 12.3 Å². The molecule has 5 heterocycles. The first-order valence-electron chi connectivity index (χ1n) is 12.1. The summed E-state index contributed by atoms with van der Waals surface area (Å²) in [4.78, 5) is 5.39. The average Bonchev–Trinajstić information content (AvgIpc) is 3.47. The third-order valence-corrected chi connectivity index (χ3v) is 10.9. The van der Waals surface area contributed by atoms with Crippen LogP contribution >= 0.6 is 11.3 Å². The van der Waals surface area contributed by atoms with Gasteiger partial charge in [0.15, 0.2) is 9.84 Å². The van der Waals surface area contributed by atoms with Crippen molar-refractivity contribution in [1.82, 2.24) is 19.9 Å². The zero-order valence-electron chi connectivity index (χ0n) is 19.4. The summed E-state index contributed by atoms with van der Waals surface area (Å²) in [6.45, 7) is 7.12. The predicted octanol–water partition coefficient (Wildman–Crippen LogP) is 2.56. The van der Waals surface area contributed by atoms with Gasteiger partial charge in [-0.15, -0.1) is 16.4 Å². The Morgan fingerprint density at radius 3 is 2.76 bits per heavy atom. The molecule has 3 aliphatic rings. The first-order chi connectivity index (χ1) is 16.0. The van der Waals surface area contributed by atoms with Crippen molar-refractivity contribution in [1.29, 1.82) is 0 Å². The van der Waals surface area contributed by atoms with Crippen molar-refractivity contribution in [2.45, 2.75) is 69.4 Å². The van der Waals surface area contributed by atoms with Gasteiger partial charge in [-0.25, -0.2) is 8.42 Å². The van der Waals surface area contributed by atoms with Crippen LogP contribution in [0.5, 0.6) is 0 Å². The van der Waals surface area contributed by atoms with Crippen LogP contribution < -0.4 is 0 Å². The summed E-state index contributed by atoms with van der Waals surface area (Å²) in [7, 11) is -3.13. The molecule has 182 valence electrons. The number of ether oxygens (including phenoxy) is 2. The molecule has 0 bridgehead atoms. The average molecular weight is 495 g/mol. The molecule has 2 aromatic rings. The summed E-state index contributed by atoms with van der Waals surface area (Å²) in [5.41, 5.74) is 2.21. The Hall–Kier alpha value is -1.33. The maximum Gasteiger partial charge on any atom is 0.155 e. The number of hydrogen-bond donors (Lipinski definition) is 0. The molecule has 0 amide bonds. The summed E-state index contributed by atoms with van der Waals surface area (Å²) in [6.07, 6.45) is 7.21. The lowest BCUT2D eigenvalue weighted by Crippen LogP contribution is -2.45. The number of piperidine rings is 1. The number of likely N-dealkylation sites (tertiary alicyclic amines) is 1. The molecule has 33 heavy (non-hydrogen) atoms. The highest BCUT2D eigenvalue weighted by Crippen LogP contribution is 2.44. The molecule has 0 aliphatic carbocycles. The summed E-state index contributed by atoms with van der Waals surface area (Å²) in [5, 5.41) is 8.20. The summed E-state index contributed by atoms with van der Waals surface area (Å²) in [6, 6.07) is 2.38. The fourth-order valence-corrected chi connectivity index (χ4v) is 8.17. The van der Waals surface area contributed by atoms with Gasteiger partial charge >= 0.3 is 0 Å². The van der Waals surface area contributed by atoms with Crippen molar-refractivity contribution in [3.8, 4) is 0 Å². The van der Waals surface area contributed by atoms with Crippen molar-refractivity contribution in [3.05, 3.63) is 33.3 Å². The third-order valence-electron chi connectivity index (χ3n) is 7.32. The highest BCUT2D eigenvalue weighted by molar-refractivity contribution is 7.92. The third kappa shape index (κ3) is 5.05. The van der Waals surface area contributed by atoms with Gasteiger partial charge in [0.25, 0.3) is 0 Å². The van der Waals surface area contributed by atoms with Crippen LogP contribution in [0, 0.1) is 0 Å². The molecule has 2 aromatic heterocycles. The summed E-state index contributed by atoms with van der Waals surface area (Å²) < 4.78 is 38.6. The van der Waals surface area contributed by atoms with E-state index in [-0.39, 0.29) is 16.6 Å². The first-order valence-corrected chi connectivity index (χ1v) is 14.7. The Labute approximate surface area is 200 Å². The van der Waals surface area contributed by atoms with E-state index >= 15 is 0 Å². The lowest BCUT2D eigenvalue weighted by molar-refractivity contribution is -0.0982. The minimum Gasteiger partial charge on any atom is -0.381 e. The van der Waals surface area contributed by atoms with Crippen LogP contribution in [0.2, 0.25) is 0 Å². The maximum absolute atomic E-state index is 12.6. The van der Waals surface area contributed by atoms with E-state index in [1.807, 2.05) is 17.5 Å². The number of thiophene rings is 1. The molecule has 0 saturated carbocycles. The number of aromatic nitrogens is 3. The fourth-order valence-electron chi connectivity index (χ4n) is 5.30. The lowest BCUT2D eigenvalue weighted by Gasteiger charge is -2.44. The van der Waals surface area contributed by atoms with Crippen molar-refractivity contribution in [3.63, 3.8) is 0 Å². The number of hydrogen-bond acceptors (Lipinski definition) is 8. The topological polar surface area (TPSA) is 86.5 Å². The number of aryl methyl sites for hydroxylation is 2. The molecule has 0 atom stereocenters. The normalized spacial score (nSPS) is 22.0. The standard InChI is InChI=1S/C23H34N4O4S2/c1-2-19-15-21-22(32-19)5-13-31-23(21)6-8-26(9-7-23)16-18-17-27(25-24-18)10-14-33(28,29)20-3-11-30-12-4-20/h15,17,20H,2-14,16H2,1H3. The van der Waals surface area contributed by atoms with Crippen molar-refractivity contribution in [2.75, 3.05) is 38.7 Å². The first kappa shape index (κ1) is 23.4. The SMILES string of the molecule is CCc1cc2c(s1)CCOC21CCN(Cc2cn(CCS(=O)(=O)C3CCOCC3)nn2)CC1. The molecule has 3 aliphatic heterocycles. The van der Waals surface area contributed by atoms with Crippen molar-refractivity contribution >= 4 is 21.2 Å². The molecule has 0 unspecified atom stereocenters. The molecule has 8 nitrogen and oxygen atoms in total. The van der Waals surface area contributed by atoms with Crippen LogP contribution in [0.4, 0.5) is 0 Å². The van der Waals surface area contributed by atoms with Crippen LogP contribution in [-0.2, 0) is 50.8 Å². The van der Waals surface area contributed by atoms with Gasteiger partial charge in [0, 0.05) is 55.2 Å². The van der Waals surface area contributed by atoms with E-state index in [0.29, 0.717) is 32.6 Å². The number of sulfone groups is 1. The molecule has 2 fully saturated rings. The second-order valence-corrected chi connectivity index (χ2v) is 13.0. The van der Waals surface area contributed by atoms with E-state index < -0.39 is 9.84 Å². The molecule has 10 heteroatoms. The summed E-state index contributed by atoms with van der Waals surface area (Å²) in [5.74, 6) is 0.104. The molecule has 5 rings (SSSR count). The summed E-state index contributed by atoms with van der Waals surface area (Å²) >= 11 is 1.96. The smallest absolute Gasteiger partial charge is 0.155 e. The minimum absolute atomic E-state index is 0.104. The lowest BCUT2D eigenvalue weighted by atomic mass is 9.82. The van der Waals surface area contributed by atoms with Gasteiger partial charge in [-0.2, -0.15) is 0 Å². The second kappa shape index (κ2) is 9.73. The molecule has 0 aromatic carbocycles. The van der Waals surface area contributed by atoms with Gasteiger partial charge in [0.2, 0.25) is 0 Å². The quantitative estimate of drug-likeness (QED) is 0.585. The highest BCUT2D eigenvalue weighted by atomic mass is 32.2. The molecular formula is C23H34N4O4S2. The Balaban J connectivity index is 1.15. The van der Waals surface area contributed by atoms with E-state index in [2.05, 4.69) is 28.2 Å². The van der Waals surface area contributed by atoms with E-state index in [1.54, 1.807) is 4.68 Å². The van der Waals surface area contributed by atoms with Crippen LogP contribution in [0.25, 0.3) is 0 Å². The van der Waals surface area contributed by atoms with Gasteiger partial charge in [0.1, 0.15) is 0 Å². The molecule has 2 saturated heterocycles. The Kier molecular flexibility index (Phi) is 6.91. The van der Waals surface area contributed by atoms with E-state index in [1.165, 1.54) is 15.3 Å². The zero-order valence-corrected chi connectivity index (χ0v) is 21.0. The second-order valence-electron chi connectivity index (χ2n) is 9.42. The largest absolute Gasteiger partial charge is 0.381 e. The molecule has 1 spiro atoms. The van der Waals surface area contributed by atoms with Gasteiger partial charge in [-0.3, -0.25) is 9.58 Å². The predicted molar refractivity (Wildman–Crippen MR) is 127 cm³/mol.